The molecule has 0 aliphatic carbocycles. The van der Waals surface area contributed by atoms with Crippen LogP contribution in [0.15, 0.2) is 67.3 Å². The Hall–Kier alpha value is -3.48. The van der Waals surface area contributed by atoms with Crippen LogP contribution in [0.2, 0.25) is 0 Å². The van der Waals surface area contributed by atoms with Gasteiger partial charge in [-0.2, -0.15) is 0 Å². The fourth-order valence-electron chi connectivity index (χ4n) is 2.72. The first-order valence-electron chi connectivity index (χ1n) is 8.14. The first kappa shape index (κ1) is 16.0. The molecule has 2 aromatic heterocycles. The van der Waals surface area contributed by atoms with Gasteiger partial charge in [-0.05, 0) is 11.6 Å². The van der Waals surface area contributed by atoms with Crippen LogP contribution < -0.4 is 15.3 Å². The lowest BCUT2D eigenvalue weighted by atomic mass is 10.2. The SMILES string of the molecule is Nc1c2ncn(Cc3ccccc3)c2nc[n+]1OCc1ccccc1F. The summed E-state index contributed by atoms with van der Waals surface area (Å²) in [5, 5.41) is 0. The lowest BCUT2D eigenvalue weighted by Gasteiger charge is -2.07. The van der Waals surface area contributed by atoms with E-state index in [9.17, 15) is 4.39 Å². The highest BCUT2D eigenvalue weighted by atomic mass is 19.1. The quantitative estimate of drug-likeness (QED) is 0.560. The molecule has 130 valence electrons. The molecule has 2 N–H and O–H groups in total. The van der Waals surface area contributed by atoms with E-state index in [0.717, 1.165) is 5.56 Å². The molecular weight excluding hydrogens is 333 g/mol. The van der Waals surface area contributed by atoms with E-state index in [0.29, 0.717) is 29.1 Å². The number of benzene rings is 2. The second-order valence-electron chi connectivity index (χ2n) is 5.85. The van der Waals surface area contributed by atoms with Gasteiger partial charge in [0.05, 0.1) is 12.9 Å². The summed E-state index contributed by atoms with van der Waals surface area (Å²) >= 11 is 0. The first-order valence-corrected chi connectivity index (χ1v) is 8.14. The van der Waals surface area contributed by atoms with Crippen LogP contribution in [0.3, 0.4) is 0 Å². The fourth-order valence-corrected chi connectivity index (χ4v) is 2.72. The lowest BCUT2D eigenvalue weighted by molar-refractivity contribution is -0.885. The van der Waals surface area contributed by atoms with Gasteiger partial charge in [0.2, 0.25) is 11.2 Å². The lowest BCUT2D eigenvalue weighted by Crippen LogP contribution is -2.45. The average molecular weight is 350 g/mol. The van der Waals surface area contributed by atoms with E-state index in [1.807, 2.05) is 34.9 Å². The van der Waals surface area contributed by atoms with Crippen LogP contribution in [-0.4, -0.2) is 14.5 Å². The van der Waals surface area contributed by atoms with Gasteiger partial charge in [-0.1, -0.05) is 58.2 Å². The summed E-state index contributed by atoms with van der Waals surface area (Å²) in [7, 11) is 0. The first-order chi connectivity index (χ1) is 12.7. The van der Waals surface area contributed by atoms with Gasteiger partial charge in [0.15, 0.2) is 6.61 Å². The Labute approximate surface area is 149 Å². The maximum atomic E-state index is 13.7. The van der Waals surface area contributed by atoms with Gasteiger partial charge in [0.25, 0.3) is 12.1 Å². The van der Waals surface area contributed by atoms with Crippen molar-refractivity contribution in [2.24, 2.45) is 0 Å². The smallest absolute Gasteiger partial charge is 0.289 e. The van der Waals surface area contributed by atoms with Crippen LogP contribution in [0.4, 0.5) is 10.2 Å². The Morgan fingerprint density at radius 3 is 2.62 bits per heavy atom. The van der Waals surface area contributed by atoms with Crippen molar-refractivity contribution in [1.82, 2.24) is 14.5 Å². The number of aromatic nitrogens is 4. The molecule has 0 radical (unpaired) electrons. The summed E-state index contributed by atoms with van der Waals surface area (Å²) in [5.41, 5.74) is 8.94. The number of anilines is 1. The monoisotopic (exact) mass is 350 g/mol. The highest BCUT2D eigenvalue weighted by molar-refractivity contribution is 5.79. The summed E-state index contributed by atoms with van der Waals surface area (Å²) in [6.07, 6.45) is 3.17. The van der Waals surface area contributed by atoms with Crippen LogP contribution in [0.25, 0.3) is 11.2 Å². The van der Waals surface area contributed by atoms with Gasteiger partial charge >= 0.3 is 0 Å². The van der Waals surface area contributed by atoms with Crippen LogP contribution in [0.1, 0.15) is 11.1 Å². The van der Waals surface area contributed by atoms with Crippen LogP contribution in [-0.2, 0) is 13.2 Å². The van der Waals surface area contributed by atoms with Gasteiger partial charge in [-0.15, -0.1) is 0 Å². The molecule has 2 aromatic carbocycles. The number of hydrogen-bond acceptors (Lipinski definition) is 4. The number of nitrogens with two attached hydrogens (primary N) is 1. The maximum absolute atomic E-state index is 13.7. The van der Waals surface area contributed by atoms with Gasteiger partial charge in [-0.3, -0.25) is 4.57 Å². The Morgan fingerprint density at radius 2 is 1.81 bits per heavy atom. The van der Waals surface area contributed by atoms with Crippen LogP contribution in [0.5, 0.6) is 0 Å². The van der Waals surface area contributed by atoms with E-state index in [2.05, 4.69) is 9.97 Å². The predicted molar refractivity (Wildman–Crippen MR) is 94.4 cm³/mol. The number of nitrogen functional groups attached to an aromatic ring is 1. The molecule has 7 heteroatoms. The third kappa shape index (κ3) is 3.06. The van der Waals surface area contributed by atoms with Crippen molar-refractivity contribution in [2.75, 3.05) is 5.73 Å². The van der Waals surface area contributed by atoms with Crippen molar-refractivity contribution in [1.29, 1.82) is 0 Å². The van der Waals surface area contributed by atoms with Crippen molar-refractivity contribution >= 4 is 17.0 Å². The molecule has 0 bridgehead atoms. The van der Waals surface area contributed by atoms with Crippen LogP contribution >= 0.6 is 0 Å². The number of fused-ring (bicyclic) bond motifs is 1. The van der Waals surface area contributed by atoms with E-state index >= 15 is 0 Å². The molecule has 0 aliphatic rings. The zero-order valence-corrected chi connectivity index (χ0v) is 13.9. The fraction of sp³-hybridized carbons (Fsp3) is 0.105. The van der Waals surface area contributed by atoms with E-state index in [1.165, 1.54) is 17.1 Å². The minimum absolute atomic E-state index is 0.0411. The molecule has 0 saturated heterocycles. The molecule has 0 unspecified atom stereocenters. The van der Waals surface area contributed by atoms with Crippen molar-refractivity contribution < 1.29 is 14.0 Å². The number of rotatable bonds is 5. The normalized spacial score (nSPS) is 11.0. The second-order valence-corrected chi connectivity index (χ2v) is 5.85. The van der Waals surface area contributed by atoms with Crippen molar-refractivity contribution in [3.8, 4) is 0 Å². The second kappa shape index (κ2) is 6.79. The Balaban J connectivity index is 1.59. The molecule has 0 spiro atoms. The number of halogens is 1. The zero-order valence-electron chi connectivity index (χ0n) is 13.9. The molecule has 4 rings (SSSR count). The standard InChI is InChI=1S/C19H16FN5O/c20-16-9-5-4-8-15(16)11-26-25-13-23-19-17(18(25)21)22-12-24(19)10-14-6-2-1-3-7-14/h1-9,12-13,21H,10-11H2/p+1. The molecule has 0 saturated carbocycles. The van der Waals surface area contributed by atoms with E-state index in [-0.39, 0.29) is 12.4 Å². The highest BCUT2D eigenvalue weighted by Gasteiger charge is 2.18. The molecule has 0 atom stereocenters. The molecule has 0 amide bonds. The summed E-state index contributed by atoms with van der Waals surface area (Å²) in [6.45, 7) is 0.684. The summed E-state index contributed by atoms with van der Waals surface area (Å²) < 4.78 is 16.9. The third-order valence-corrected chi connectivity index (χ3v) is 4.09. The largest absolute Gasteiger partial charge is 0.352 e. The number of imidazole rings is 1. The van der Waals surface area contributed by atoms with Gasteiger partial charge < -0.3 is 10.6 Å². The number of nitrogens with zero attached hydrogens (tertiary/aromatic N) is 4. The van der Waals surface area contributed by atoms with Gasteiger partial charge in [-0.25, -0.2) is 9.37 Å². The third-order valence-electron chi connectivity index (χ3n) is 4.09. The minimum Gasteiger partial charge on any atom is -0.352 e. The van der Waals surface area contributed by atoms with Gasteiger partial charge in [0.1, 0.15) is 5.82 Å². The molecule has 0 aliphatic heterocycles. The minimum atomic E-state index is -0.326. The molecule has 6 nitrogen and oxygen atoms in total. The zero-order chi connectivity index (χ0) is 17.9. The summed E-state index contributed by atoms with van der Waals surface area (Å²) in [5.74, 6) is -0.00833. The Bertz CT molecular complexity index is 1050. The molecule has 4 aromatic rings. The van der Waals surface area contributed by atoms with Gasteiger partial charge in [0, 0.05) is 5.56 Å². The van der Waals surface area contributed by atoms with Crippen molar-refractivity contribution in [3.05, 3.63) is 84.2 Å². The van der Waals surface area contributed by atoms with E-state index in [1.54, 1.807) is 24.5 Å². The maximum Gasteiger partial charge on any atom is 0.289 e. The average Bonchev–Trinajstić information content (AvgIpc) is 3.07. The molecule has 0 fully saturated rings. The number of hydrogen-bond donors (Lipinski definition) is 1. The highest BCUT2D eigenvalue weighted by Crippen LogP contribution is 2.15. The van der Waals surface area contributed by atoms with E-state index < -0.39 is 0 Å². The Kier molecular flexibility index (Phi) is 4.18. The predicted octanol–water partition coefficient (Wildman–Crippen LogP) is 2.12. The Morgan fingerprint density at radius 1 is 1.04 bits per heavy atom. The van der Waals surface area contributed by atoms with Crippen molar-refractivity contribution in [3.63, 3.8) is 0 Å². The molecular formula is C19H17FN5O+. The van der Waals surface area contributed by atoms with E-state index in [4.69, 9.17) is 10.6 Å². The van der Waals surface area contributed by atoms with Crippen molar-refractivity contribution in [2.45, 2.75) is 13.2 Å². The topological polar surface area (TPSA) is 69.8 Å². The summed E-state index contributed by atoms with van der Waals surface area (Å²) in [4.78, 5) is 14.3. The van der Waals surface area contributed by atoms with Crippen LogP contribution in [0, 0.1) is 5.82 Å². The molecule has 2 heterocycles. The molecule has 26 heavy (non-hydrogen) atoms. The summed E-state index contributed by atoms with van der Waals surface area (Å²) in [6, 6.07) is 16.5.